The molecule has 6 nitrogen and oxygen atoms in total. The minimum Gasteiger partial charge on any atom is -0.497 e. The van der Waals surface area contributed by atoms with Crippen LogP contribution in [-0.4, -0.2) is 48.8 Å². The van der Waals surface area contributed by atoms with Crippen LogP contribution in [0.4, 0.5) is 17.5 Å². The number of nitrogens with zero attached hydrogens (tertiary/aromatic N) is 4. The smallest absolute Gasteiger partial charge is 0.225 e. The van der Waals surface area contributed by atoms with E-state index in [1.807, 2.05) is 19.1 Å². The van der Waals surface area contributed by atoms with Gasteiger partial charge in [-0.3, -0.25) is 0 Å². The number of ether oxygens (including phenoxy) is 1. The summed E-state index contributed by atoms with van der Waals surface area (Å²) in [6.45, 7) is 12.2. The van der Waals surface area contributed by atoms with Crippen LogP contribution in [0.15, 0.2) is 30.3 Å². The van der Waals surface area contributed by atoms with Crippen molar-refractivity contribution in [1.82, 2.24) is 9.97 Å². The Kier molecular flexibility index (Phi) is 5.20. The molecule has 1 aromatic carbocycles. The fourth-order valence-electron chi connectivity index (χ4n) is 3.09. The molecule has 0 atom stereocenters. The second-order valence-corrected chi connectivity index (χ2v) is 7.74. The van der Waals surface area contributed by atoms with Gasteiger partial charge in [0.15, 0.2) is 0 Å². The third-order valence-electron chi connectivity index (χ3n) is 4.37. The van der Waals surface area contributed by atoms with Gasteiger partial charge in [-0.15, -0.1) is 0 Å². The molecule has 1 fully saturated rings. The summed E-state index contributed by atoms with van der Waals surface area (Å²) in [5.41, 5.74) is 2.16. The molecule has 3 rings (SSSR count). The van der Waals surface area contributed by atoms with E-state index in [0.29, 0.717) is 5.95 Å². The molecule has 6 heteroatoms. The van der Waals surface area contributed by atoms with Gasteiger partial charge in [-0.05, 0) is 52.0 Å². The van der Waals surface area contributed by atoms with Crippen LogP contribution in [0.3, 0.4) is 0 Å². The Bertz CT molecular complexity index is 731. The monoisotopic (exact) mass is 355 g/mol. The predicted molar refractivity (Wildman–Crippen MR) is 108 cm³/mol. The van der Waals surface area contributed by atoms with E-state index in [0.717, 1.165) is 43.4 Å². The number of nitrogens with one attached hydrogen (secondary N) is 1. The fourth-order valence-corrected chi connectivity index (χ4v) is 3.09. The SMILES string of the molecule is COc1ccc(N2CCN(c3cc(C)nc(NC(C)(C)C)n3)CC2)cc1. The molecule has 0 radical (unpaired) electrons. The largest absolute Gasteiger partial charge is 0.497 e. The van der Waals surface area contributed by atoms with Gasteiger partial charge in [0.2, 0.25) is 5.95 Å². The van der Waals surface area contributed by atoms with E-state index in [9.17, 15) is 0 Å². The average Bonchev–Trinajstić information content (AvgIpc) is 2.60. The maximum Gasteiger partial charge on any atom is 0.225 e. The van der Waals surface area contributed by atoms with Crippen LogP contribution in [0.5, 0.6) is 5.75 Å². The molecule has 1 aliphatic heterocycles. The molecule has 1 aliphatic rings. The Hall–Kier alpha value is -2.50. The predicted octanol–water partition coefficient (Wildman–Crippen LogP) is 3.33. The van der Waals surface area contributed by atoms with Gasteiger partial charge in [-0.1, -0.05) is 0 Å². The van der Waals surface area contributed by atoms with Crippen molar-refractivity contribution < 1.29 is 4.74 Å². The number of rotatable bonds is 4. The molecule has 0 bridgehead atoms. The third kappa shape index (κ3) is 4.56. The lowest BCUT2D eigenvalue weighted by atomic mass is 10.1. The molecule has 0 unspecified atom stereocenters. The van der Waals surface area contributed by atoms with Gasteiger partial charge in [0.05, 0.1) is 7.11 Å². The van der Waals surface area contributed by atoms with Crippen LogP contribution in [-0.2, 0) is 0 Å². The molecular formula is C20H29N5O. The van der Waals surface area contributed by atoms with E-state index in [1.165, 1.54) is 5.69 Å². The van der Waals surface area contributed by atoms with Crippen LogP contribution in [0, 0.1) is 6.92 Å². The quantitative estimate of drug-likeness (QED) is 0.908. The lowest BCUT2D eigenvalue weighted by Crippen LogP contribution is -2.47. The van der Waals surface area contributed by atoms with Gasteiger partial charge < -0.3 is 19.9 Å². The van der Waals surface area contributed by atoms with Crippen LogP contribution >= 0.6 is 0 Å². The Balaban J connectivity index is 1.67. The standard InChI is InChI=1S/C20H29N5O/c1-15-14-18(22-19(21-15)23-20(2,3)4)25-12-10-24(11-13-25)16-6-8-17(26-5)9-7-16/h6-9,14H,10-13H2,1-5H3,(H,21,22,23). The van der Waals surface area contributed by atoms with Crippen molar-refractivity contribution in [2.75, 3.05) is 48.4 Å². The maximum atomic E-state index is 5.24. The highest BCUT2D eigenvalue weighted by atomic mass is 16.5. The zero-order chi connectivity index (χ0) is 18.7. The van der Waals surface area contributed by atoms with Crippen LogP contribution in [0.1, 0.15) is 26.5 Å². The van der Waals surface area contributed by atoms with Crippen molar-refractivity contribution in [2.45, 2.75) is 33.2 Å². The van der Waals surface area contributed by atoms with Gasteiger partial charge in [-0.25, -0.2) is 4.98 Å². The summed E-state index contributed by atoms with van der Waals surface area (Å²) in [6.07, 6.45) is 0. The fraction of sp³-hybridized carbons (Fsp3) is 0.500. The number of methoxy groups -OCH3 is 1. The van der Waals surface area contributed by atoms with Crippen molar-refractivity contribution >= 4 is 17.5 Å². The van der Waals surface area contributed by atoms with Crippen molar-refractivity contribution in [3.8, 4) is 5.75 Å². The van der Waals surface area contributed by atoms with Gasteiger partial charge in [0.1, 0.15) is 11.6 Å². The molecule has 1 saturated heterocycles. The molecule has 0 spiro atoms. The highest BCUT2D eigenvalue weighted by molar-refractivity contribution is 5.52. The highest BCUT2D eigenvalue weighted by Gasteiger charge is 2.20. The summed E-state index contributed by atoms with van der Waals surface area (Å²) in [4.78, 5) is 14.0. The molecule has 2 aromatic rings. The molecule has 1 aromatic heterocycles. The van der Waals surface area contributed by atoms with Gasteiger partial charge >= 0.3 is 0 Å². The minimum atomic E-state index is -0.0574. The van der Waals surface area contributed by atoms with Gasteiger partial charge in [0, 0.05) is 49.2 Å². The normalized spacial score (nSPS) is 15.1. The topological polar surface area (TPSA) is 53.5 Å². The number of hydrogen-bond acceptors (Lipinski definition) is 6. The zero-order valence-corrected chi connectivity index (χ0v) is 16.4. The summed E-state index contributed by atoms with van der Waals surface area (Å²) < 4.78 is 5.24. The summed E-state index contributed by atoms with van der Waals surface area (Å²) in [5, 5.41) is 3.38. The Morgan fingerprint density at radius 2 is 1.58 bits per heavy atom. The molecule has 1 N–H and O–H groups in total. The van der Waals surface area contributed by atoms with E-state index in [4.69, 9.17) is 9.72 Å². The first-order chi connectivity index (χ1) is 12.3. The van der Waals surface area contributed by atoms with Crippen molar-refractivity contribution in [3.05, 3.63) is 36.0 Å². The average molecular weight is 355 g/mol. The first-order valence-electron chi connectivity index (χ1n) is 9.12. The van der Waals surface area contributed by atoms with Crippen LogP contribution in [0.25, 0.3) is 0 Å². The van der Waals surface area contributed by atoms with Crippen molar-refractivity contribution in [3.63, 3.8) is 0 Å². The number of hydrogen-bond donors (Lipinski definition) is 1. The van der Waals surface area contributed by atoms with Gasteiger partial charge in [-0.2, -0.15) is 4.98 Å². The van der Waals surface area contributed by atoms with Gasteiger partial charge in [0.25, 0.3) is 0 Å². The lowest BCUT2D eigenvalue weighted by molar-refractivity contribution is 0.415. The summed E-state index contributed by atoms with van der Waals surface area (Å²) in [7, 11) is 1.69. The molecule has 2 heterocycles. The Labute approximate surface area is 156 Å². The summed E-state index contributed by atoms with van der Waals surface area (Å²) in [6, 6.07) is 10.3. The molecule has 0 amide bonds. The van der Waals surface area contributed by atoms with E-state index in [-0.39, 0.29) is 5.54 Å². The van der Waals surface area contributed by atoms with E-state index in [2.05, 4.69) is 59.1 Å². The van der Waals surface area contributed by atoms with Crippen molar-refractivity contribution in [1.29, 1.82) is 0 Å². The molecule has 140 valence electrons. The third-order valence-corrected chi connectivity index (χ3v) is 4.37. The second kappa shape index (κ2) is 7.40. The molecule has 0 saturated carbocycles. The Morgan fingerprint density at radius 3 is 2.15 bits per heavy atom. The molecule has 26 heavy (non-hydrogen) atoms. The molecular weight excluding hydrogens is 326 g/mol. The number of benzene rings is 1. The lowest BCUT2D eigenvalue weighted by Gasteiger charge is -2.37. The first kappa shape index (κ1) is 18.3. The van der Waals surface area contributed by atoms with Crippen molar-refractivity contribution in [2.24, 2.45) is 0 Å². The second-order valence-electron chi connectivity index (χ2n) is 7.74. The van der Waals surface area contributed by atoms with Crippen LogP contribution < -0.4 is 19.9 Å². The first-order valence-corrected chi connectivity index (χ1v) is 9.12. The number of anilines is 3. The zero-order valence-electron chi connectivity index (χ0n) is 16.4. The molecule has 0 aliphatic carbocycles. The minimum absolute atomic E-state index is 0.0574. The summed E-state index contributed by atoms with van der Waals surface area (Å²) in [5.74, 6) is 2.59. The maximum absolute atomic E-state index is 5.24. The number of piperazine rings is 1. The number of aryl methyl sites for hydroxylation is 1. The van der Waals surface area contributed by atoms with E-state index in [1.54, 1.807) is 7.11 Å². The Morgan fingerprint density at radius 1 is 0.962 bits per heavy atom. The van der Waals surface area contributed by atoms with E-state index < -0.39 is 0 Å². The summed E-state index contributed by atoms with van der Waals surface area (Å²) >= 11 is 0. The van der Waals surface area contributed by atoms with E-state index >= 15 is 0 Å². The highest BCUT2D eigenvalue weighted by Crippen LogP contribution is 2.23. The van der Waals surface area contributed by atoms with Crippen LogP contribution in [0.2, 0.25) is 0 Å². The number of aromatic nitrogens is 2.